The molecular formula is C9H20N2O2. The minimum absolute atomic E-state index is 0.0893. The molecule has 0 spiro atoms. The van der Waals surface area contributed by atoms with E-state index in [0.717, 1.165) is 6.54 Å². The summed E-state index contributed by atoms with van der Waals surface area (Å²) in [5.41, 5.74) is 0. The van der Waals surface area contributed by atoms with Crippen LogP contribution in [0.25, 0.3) is 0 Å². The molecule has 1 fully saturated rings. The lowest BCUT2D eigenvalue weighted by molar-refractivity contribution is -0.0507. The molecule has 0 amide bonds. The van der Waals surface area contributed by atoms with Crippen molar-refractivity contribution in [1.29, 1.82) is 0 Å². The zero-order valence-corrected chi connectivity index (χ0v) is 8.83. The van der Waals surface area contributed by atoms with Crippen molar-refractivity contribution in [3.05, 3.63) is 0 Å². The highest BCUT2D eigenvalue weighted by atomic mass is 16.5. The Balaban J connectivity index is 2.52. The molecule has 4 heteroatoms. The van der Waals surface area contributed by atoms with Crippen LogP contribution in [0.4, 0.5) is 0 Å². The van der Waals surface area contributed by atoms with Gasteiger partial charge in [-0.2, -0.15) is 0 Å². The highest BCUT2D eigenvalue weighted by Gasteiger charge is 2.31. The third-order valence-corrected chi connectivity index (χ3v) is 2.47. The first-order valence-corrected chi connectivity index (χ1v) is 4.74. The summed E-state index contributed by atoms with van der Waals surface area (Å²) in [7, 11) is 3.44. The third-order valence-electron chi connectivity index (χ3n) is 2.47. The Morgan fingerprint density at radius 2 is 1.92 bits per heavy atom. The van der Waals surface area contributed by atoms with Crippen LogP contribution in [0.15, 0.2) is 0 Å². The van der Waals surface area contributed by atoms with Gasteiger partial charge < -0.3 is 9.47 Å². The SMILES string of the molecule is COC1CN[C@H](OC)C(C(C)C)N1. The highest BCUT2D eigenvalue weighted by Crippen LogP contribution is 2.12. The second-order valence-electron chi connectivity index (χ2n) is 3.73. The van der Waals surface area contributed by atoms with E-state index in [0.29, 0.717) is 12.0 Å². The number of hydrogen-bond acceptors (Lipinski definition) is 4. The Morgan fingerprint density at radius 1 is 1.23 bits per heavy atom. The molecule has 0 aliphatic carbocycles. The van der Waals surface area contributed by atoms with Gasteiger partial charge in [-0.25, -0.2) is 0 Å². The molecule has 1 aliphatic rings. The van der Waals surface area contributed by atoms with Crippen molar-refractivity contribution in [2.45, 2.75) is 32.3 Å². The maximum atomic E-state index is 5.33. The van der Waals surface area contributed by atoms with Gasteiger partial charge in [-0.1, -0.05) is 13.8 Å². The number of rotatable bonds is 3. The molecule has 1 heterocycles. The van der Waals surface area contributed by atoms with Gasteiger partial charge in [0.05, 0.1) is 6.04 Å². The number of ether oxygens (including phenoxy) is 2. The Labute approximate surface area is 80.0 Å². The van der Waals surface area contributed by atoms with Crippen LogP contribution in [0.5, 0.6) is 0 Å². The molecular weight excluding hydrogens is 168 g/mol. The fourth-order valence-corrected chi connectivity index (χ4v) is 1.63. The molecule has 1 saturated heterocycles. The van der Waals surface area contributed by atoms with Crippen LogP contribution < -0.4 is 10.6 Å². The van der Waals surface area contributed by atoms with Gasteiger partial charge >= 0.3 is 0 Å². The lowest BCUT2D eigenvalue weighted by Gasteiger charge is -2.38. The number of hydrogen-bond donors (Lipinski definition) is 2. The van der Waals surface area contributed by atoms with Crippen molar-refractivity contribution in [3.8, 4) is 0 Å². The van der Waals surface area contributed by atoms with Crippen molar-refractivity contribution in [3.63, 3.8) is 0 Å². The summed E-state index contributed by atoms with van der Waals surface area (Å²) in [6.07, 6.45) is 0.185. The standard InChI is InChI=1S/C9H20N2O2/c1-6(2)8-9(13-4)10-5-7(11-8)12-3/h6-11H,5H2,1-4H3/t7?,8?,9-/m1/s1. The number of methoxy groups -OCH3 is 2. The van der Waals surface area contributed by atoms with Crippen LogP contribution in [-0.4, -0.2) is 39.3 Å². The molecule has 2 N–H and O–H groups in total. The lowest BCUT2D eigenvalue weighted by Crippen LogP contribution is -2.63. The normalized spacial score (nSPS) is 35.3. The van der Waals surface area contributed by atoms with E-state index in [1.165, 1.54) is 0 Å². The van der Waals surface area contributed by atoms with Crippen molar-refractivity contribution < 1.29 is 9.47 Å². The third kappa shape index (κ3) is 2.64. The van der Waals surface area contributed by atoms with Crippen molar-refractivity contribution in [2.75, 3.05) is 20.8 Å². The molecule has 0 saturated carbocycles. The van der Waals surface area contributed by atoms with Crippen LogP contribution in [0, 0.1) is 5.92 Å². The molecule has 3 atom stereocenters. The first-order valence-electron chi connectivity index (χ1n) is 4.74. The van der Waals surface area contributed by atoms with Crippen molar-refractivity contribution >= 4 is 0 Å². The van der Waals surface area contributed by atoms with E-state index in [4.69, 9.17) is 9.47 Å². The van der Waals surface area contributed by atoms with Gasteiger partial charge in [-0.05, 0) is 5.92 Å². The minimum Gasteiger partial charge on any atom is -0.365 e. The maximum Gasteiger partial charge on any atom is 0.123 e. The molecule has 2 unspecified atom stereocenters. The van der Waals surface area contributed by atoms with Crippen LogP contribution in [0.2, 0.25) is 0 Å². The van der Waals surface area contributed by atoms with E-state index in [1.807, 2.05) is 0 Å². The summed E-state index contributed by atoms with van der Waals surface area (Å²) in [6, 6.07) is 0.309. The molecule has 0 aromatic rings. The second-order valence-corrected chi connectivity index (χ2v) is 3.73. The predicted octanol–water partition coefficient (Wildman–Crippen LogP) is 0.149. The van der Waals surface area contributed by atoms with Crippen LogP contribution in [0.3, 0.4) is 0 Å². The molecule has 0 radical (unpaired) electrons. The quantitative estimate of drug-likeness (QED) is 0.661. The van der Waals surface area contributed by atoms with Gasteiger partial charge in [-0.15, -0.1) is 0 Å². The van der Waals surface area contributed by atoms with Gasteiger partial charge in [0, 0.05) is 20.8 Å². The van der Waals surface area contributed by atoms with Gasteiger partial charge in [0.2, 0.25) is 0 Å². The predicted molar refractivity (Wildman–Crippen MR) is 51.4 cm³/mol. The average Bonchev–Trinajstić information content (AvgIpc) is 2.16. The van der Waals surface area contributed by atoms with Gasteiger partial charge in [0.1, 0.15) is 12.5 Å². The monoisotopic (exact) mass is 188 g/mol. The molecule has 0 bridgehead atoms. The zero-order valence-electron chi connectivity index (χ0n) is 8.83. The Morgan fingerprint density at radius 3 is 2.38 bits per heavy atom. The average molecular weight is 188 g/mol. The van der Waals surface area contributed by atoms with E-state index in [9.17, 15) is 0 Å². The van der Waals surface area contributed by atoms with E-state index in [-0.39, 0.29) is 12.5 Å². The summed E-state index contributed by atoms with van der Waals surface area (Å²) < 4.78 is 10.6. The van der Waals surface area contributed by atoms with E-state index in [2.05, 4.69) is 24.5 Å². The van der Waals surface area contributed by atoms with Gasteiger partial charge in [-0.3, -0.25) is 10.6 Å². The summed E-state index contributed by atoms with van der Waals surface area (Å²) >= 11 is 0. The fourth-order valence-electron chi connectivity index (χ4n) is 1.63. The van der Waals surface area contributed by atoms with Crippen molar-refractivity contribution in [2.24, 2.45) is 5.92 Å². The first kappa shape index (κ1) is 10.9. The van der Waals surface area contributed by atoms with E-state index < -0.39 is 0 Å². The van der Waals surface area contributed by atoms with E-state index in [1.54, 1.807) is 14.2 Å². The van der Waals surface area contributed by atoms with Gasteiger partial charge in [0.25, 0.3) is 0 Å². The summed E-state index contributed by atoms with van der Waals surface area (Å²) in [5.74, 6) is 0.524. The number of nitrogens with one attached hydrogen (secondary N) is 2. The number of piperazine rings is 1. The molecule has 1 aliphatic heterocycles. The largest absolute Gasteiger partial charge is 0.365 e. The molecule has 13 heavy (non-hydrogen) atoms. The first-order chi connectivity index (χ1) is 6.19. The van der Waals surface area contributed by atoms with Gasteiger partial charge in [0.15, 0.2) is 0 Å². The highest BCUT2D eigenvalue weighted by molar-refractivity contribution is 4.85. The summed E-state index contributed by atoms with van der Waals surface area (Å²) in [5, 5.41) is 6.69. The smallest absolute Gasteiger partial charge is 0.123 e. The molecule has 4 nitrogen and oxygen atoms in total. The molecule has 1 rings (SSSR count). The molecule has 0 aromatic heterocycles. The Bertz CT molecular complexity index is 153. The van der Waals surface area contributed by atoms with Crippen molar-refractivity contribution in [1.82, 2.24) is 10.6 Å². The summed E-state index contributed by atoms with van der Waals surface area (Å²) in [6.45, 7) is 5.13. The maximum absolute atomic E-state index is 5.33. The van der Waals surface area contributed by atoms with Crippen LogP contribution in [0.1, 0.15) is 13.8 Å². The second kappa shape index (κ2) is 4.91. The zero-order chi connectivity index (χ0) is 9.84. The van der Waals surface area contributed by atoms with Crippen LogP contribution in [-0.2, 0) is 9.47 Å². The topological polar surface area (TPSA) is 42.5 Å². The Kier molecular flexibility index (Phi) is 4.12. The van der Waals surface area contributed by atoms with E-state index >= 15 is 0 Å². The molecule has 78 valence electrons. The van der Waals surface area contributed by atoms with Crippen LogP contribution >= 0.6 is 0 Å². The minimum atomic E-state index is 0.0893. The molecule has 0 aromatic carbocycles. The summed E-state index contributed by atoms with van der Waals surface area (Å²) in [4.78, 5) is 0. The lowest BCUT2D eigenvalue weighted by atomic mass is 10.0. The fraction of sp³-hybridized carbons (Fsp3) is 1.00. The Hall–Kier alpha value is -0.160.